The predicted octanol–water partition coefficient (Wildman–Crippen LogP) is -1.70. The van der Waals surface area contributed by atoms with Crippen LogP contribution in [-0.2, 0) is 9.47 Å². The highest BCUT2D eigenvalue weighted by atomic mass is 16.7. The maximum absolute atomic E-state index is 13.3. The largest absolute Gasteiger partial charge is 0.508 e. The number of aliphatic hydroxyl groups excluding tert-OH is 7. The molecule has 0 bridgehead atoms. The minimum absolute atomic E-state index is 0.0153. The van der Waals surface area contributed by atoms with Gasteiger partial charge in [-0.25, -0.2) is 0 Å². The smallest absolute Gasteiger partial charge is 0.229 e. The first kappa shape index (κ1) is 30.0. The average Bonchev–Trinajstić information content (AvgIpc) is 2.94. The molecule has 3 heterocycles. The fourth-order valence-corrected chi connectivity index (χ4v) is 5.12. The molecular weight excluding hydrogens is 564 g/mol. The number of phenols is 3. The van der Waals surface area contributed by atoms with E-state index in [0.717, 1.165) is 18.2 Å². The lowest BCUT2D eigenvalue weighted by Gasteiger charge is -2.40. The molecule has 3 aromatic rings. The average molecular weight is 595 g/mol. The highest BCUT2D eigenvalue weighted by molar-refractivity contribution is 5.90. The van der Waals surface area contributed by atoms with Gasteiger partial charge in [-0.05, 0) is 19.1 Å². The lowest BCUT2D eigenvalue weighted by molar-refractivity contribution is -0.268. The summed E-state index contributed by atoms with van der Waals surface area (Å²) in [6.45, 7) is 0.655. The Morgan fingerprint density at radius 2 is 1.50 bits per heavy atom. The van der Waals surface area contributed by atoms with Gasteiger partial charge in [0.05, 0.1) is 23.8 Å². The van der Waals surface area contributed by atoms with Gasteiger partial charge >= 0.3 is 0 Å². The van der Waals surface area contributed by atoms with Gasteiger partial charge in [0.15, 0.2) is 11.0 Å². The first-order chi connectivity index (χ1) is 19.8. The minimum Gasteiger partial charge on any atom is -0.508 e. The van der Waals surface area contributed by atoms with Gasteiger partial charge in [0, 0.05) is 18.2 Å². The van der Waals surface area contributed by atoms with Crippen molar-refractivity contribution in [3.63, 3.8) is 0 Å². The third-order valence-corrected chi connectivity index (χ3v) is 7.46. The Labute approximate surface area is 236 Å². The molecule has 5 rings (SSSR count). The fraction of sp³-hybridized carbons (Fsp3) is 0.444. The van der Waals surface area contributed by atoms with Crippen LogP contribution in [0.4, 0.5) is 0 Å². The maximum Gasteiger partial charge on any atom is 0.229 e. The summed E-state index contributed by atoms with van der Waals surface area (Å²) in [7, 11) is 0. The highest BCUT2D eigenvalue weighted by Crippen LogP contribution is 2.44. The van der Waals surface area contributed by atoms with E-state index < -0.39 is 101 Å². The number of rotatable bonds is 5. The predicted molar refractivity (Wildman–Crippen MR) is 139 cm³/mol. The normalized spacial score (nSPS) is 33.5. The number of aromatic hydroxyl groups is 3. The molecule has 10 N–H and O–H groups in total. The third kappa shape index (κ3) is 5.04. The number of phenolic OH excluding ortho intramolecular Hbond substituents is 3. The van der Waals surface area contributed by atoms with Crippen LogP contribution in [0.3, 0.4) is 0 Å². The molecule has 2 saturated heterocycles. The zero-order valence-electron chi connectivity index (χ0n) is 21.9. The monoisotopic (exact) mass is 594 g/mol. The van der Waals surface area contributed by atoms with Crippen molar-refractivity contribution >= 4 is 11.0 Å². The van der Waals surface area contributed by atoms with Gasteiger partial charge in [-0.2, -0.15) is 0 Å². The van der Waals surface area contributed by atoms with Gasteiger partial charge in [0.2, 0.25) is 6.29 Å². The molecule has 2 aromatic carbocycles. The van der Waals surface area contributed by atoms with Crippen molar-refractivity contribution in [1.82, 2.24) is 0 Å². The number of benzene rings is 2. The number of hydrogen-bond acceptors (Lipinski definition) is 15. The van der Waals surface area contributed by atoms with E-state index in [9.17, 15) is 55.9 Å². The van der Waals surface area contributed by atoms with Crippen molar-refractivity contribution in [2.24, 2.45) is 0 Å². The van der Waals surface area contributed by atoms with Crippen LogP contribution < -0.4 is 10.2 Å². The Morgan fingerprint density at radius 1 is 0.810 bits per heavy atom. The van der Waals surface area contributed by atoms with Crippen molar-refractivity contribution in [2.75, 3.05) is 6.61 Å². The molecule has 1 aromatic heterocycles. The van der Waals surface area contributed by atoms with Crippen LogP contribution in [0.25, 0.3) is 22.3 Å². The molecule has 0 amide bonds. The first-order valence-electron chi connectivity index (χ1n) is 12.9. The minimum atomic E-state index is -1.88. The van der Waals surface area contributed by atoms with Gasteiger partial charge in [-0.15, -0.1) is 0 Å². The van der Waals surface area contributed by atoms with Crippen LogP contribution >= 0.6 is 0 Å². The zero-order chi connectivity index (χ0) is 30.6. The molecule has 2 aliphatic rings. The highest BCUT2D eigenvalue weighted by Gasteiger charge is 2.46. The summed E-state index contributed by atoms with van der Waals surface area (Å²) in [5.41, 5.74) is -1.73. The Bertz CT molecular complexity index is 1520. The van der Waals surface area contributed by atoms with E-state index in [1.807, 2.05) is 0 Å². The van der Waals surface area contributed by atoms with E-state index in [4.69, 9.17) is 18.6 Å². The van der Waals surface area contributed by atoms with Crippen molar-refractivity contribution in [2.45, 2.75) is 68.1 Å². The van der Waals surface area contributed by atoms with E-state index in [1.54, 1.807) is 0 Å². The van der Waals surface area contributed by atoms with Crippen LogP contribution in [-0.4, -0.2) is 113 Å². The summed E-state index contributed by atoms with van der Waals surface area (Å²) in [5, 5.41) is 102. The SMILES string of the molecule is C[C@@H]1O[C@@H](Oc2cc(O)ccc2-c2cc(=O)c3c(O)cc(O)c(C4O[C@H](CO)[C@@H](O)[C@H](O)[C@H]4O)c3o2)[C@H](O)[C@H](O)[C@H]1O. The molecule has 15 nitrogen and oxygen atoms in total. The molecule has 42 heavy (non-hydrogen) atoms. The van der Waals surface area contributed by atoms with Gasteiger partial charge in [-0.1, -0.05) is 0 Å². The summed E-state index contributed by atoms with van der Waals surface area (Å²) in [6, 6.07) is 5.33. The molecule has 10 atom stereocenters. The number of fused-ring (bicyclic) bond motifs is 1. The summed E-state index contributed by atoms with van der Waals surface area (Å²) < 4.78 is 22.7. The molecule has 0 aliphatic carbocycles. The second-order valence-electron chi connectivity index (χ2n) is 10.2. The van der Waals surface area contributed by atoms with Gasteiger partial charge in [0.1, 0.15) is 83.0 Å². The second kappa shape index (κ2) is 11.3. The maximum atomic E-state index is 13.3. The van der Waals surface area contributed by atoms with E-state index >= 15 is 0 Å². The number of ether oxygens (including phenoxy) is 3. The van der Waals surface area contributed by atoms with Crippen LogP contribution in [0.2, 0.25) is 0 Å². The van der Waals surface area contributed by atoms with Crippen molar-refractivity contribution in [1.29, 1.82) is 0 Å². The lowest BCUT2D eigenvalue weighted by atomic mass is 9.89. The Hall–Kier alpha value is -3.51. The fourth-order valence-electron chi connectivity index (χ4n) is 5.12. The summed E-state index contributed by atoms with van der Waals surface area (Å²) in [4.78, 5) is 13.3. The van der Waals surface area contributed by atoms with Crippen LogP contribution in [0, 0.1) is 0 Å². The number of aliphatic hydroxyl groups is 7. The molecule has 0 saturated carbocycles. The van der Waals surface area contributed by atoms with Gasteiger partial charge in [0.25, 0.3) is 0 Å². The summed E-state index contributed by atoms with van der Waals surface area (Å²) in [6.07, 6.45) is -15.7. The Balaban J connectivity index is 1.65. The zero-order valence-corrected chi connectivity index (χ0v) is 21.9. The van der Waals surface area contributed by atoms with Gasteiger partial charge < -0.3 is 69.7 Å². The first-order valence-corrected chi connectivity index (χ1v) is 12.9. The topological polar surface area (TPSA) is 260 Å². The van der Waals surface area contributed by atoms with Crippen molar-refractivity contribution in [3.05, 3.63) is 46.1 Å². The van der Waals surface area contributed by atoms with E-state index in [1.165, 1.54) is 19.1 Å². The Kier molecular flexibility index (Phi) is 8.06. The quantitative estimate of drug-likeness (QED) is 0.158. The van der Waals surface area contributed by atoms with E-state index in [-0.39, 0.29) is 22.8 Å². The molecule has 2 fully saturated rings. The molecule has 0 spiro atoms. The third-order valence-electron chi connectivity index (χ3n) is 7.46. The molecular formula is C27H30O15. The Morgan fingerprint density at radius 3 is 2.19 bits per heavy atom. The van der Waals surface area contributed by atoms with E-state index in [2.05, 4.69) is 0 Å². The molecule has 2 aliphatic heterocycles. The molecule has 228 valence electrons. The van der Waals surface area contributed by atoms with Crippen LogP contribution in [0.1, 0.15) is 18.6 Å². The molecule has 1 unspecified atom stereocenters. The van der Waals surface area contributed by atoms with E-state index in [0.29, 0.717) is 0 Å². The molecule has 15 heteroatoms. The standard InChI is InChI=1S/C27H30O15/c1-8-19(33)21(35)24(38)27(39-8)42-14-4-9(29)2-3-10(14)15-6-13(32)17-11(30)5-12(31)18(25(17)40-15)26-23(37)22(36)20(34)16(7-28)41-26/h2-6,8,16,19-24,26-31,33-38H,7H2,1H3/t8-,16+,19-,20+,21+,22-,23+,24+,26?,27-/m0/s1. The second-order valence-corrected chi connectivity index (χ2v) is 10.2. The summed E-state index contributed by atoms with van der Waals surface area (Å²) in [5.74, 6) is -2.20. The van der Waals surface area contributed by atoms with Gasteiger partial charge in [-0.3, -0.25) is 4.79 Å². The van der Waals surface area contributed by atoms with Crippen molar-refractivity contribution in [3.8, 4) is 34.3 Å². The lowest BCUT2D eigenvalue weighted by Crippen LogP contribution is -2.58. The molecule has 0 radical (unpaired) electrons. The van der Waals surface area contributed by atoms with Crippen molar-refractivity contribution < 1.29 is 69.7 Å². The van der Waals surface area contributed by atoms with Crippen LogP contribution in [0.5, 0.6) is 23.0 Å². The van der Waals surface area contributed by atoms with Crippen LogP contribution in [0.15, 0.2) is 39.5 Å². The summed E-state index contributed by atoms with van der Waals surface area (Å²) >= 11 is 0. The number of hydrogen-bond donors (Lipinski definition) is 10.